The average Bonchev–Trinajstić information content (AvgIpc) is 3.46. The van der Waals surface area contributed by atoms with E-state index in [1.165, 1.54) is 83.5 Å². The van der Waals surface area contributed by atoms with Crippen molar-refractivity contribution in [2.24, 2.45) is 0 Å². The van der Waals surface area contributed by atoms with Crippen molar-refractivity contribution in [3.8, 4) is 0 Å². The van der Waals surface area contributed by atoms with Crippen LogP contribution in [0.15, 0.2) is 158 Å². The number of ether oxygens (including phenoxy) is 3. The molecule has 0 aromatic heterocycles. The fourth-order valence-corrected chi connectivity index (χ4v) is 8.62. The van der Waals surface area contributed by atoms with Crippen LogP contribution in [0.5, 0.6) is 0 Å². The zero-order chi connectivity index (χ0) is 58.5. The van der Waals surface area contributed by atoms with Gasteiger partial charge < -0.3 is 14.2 Å². The van der Waals surface area contributed by atoms with E-state index in [0.717, 1.165) is 154 Å². The summed E-state index contributed by atoms with van der Waals surface area (Å²) >= 11 is 0. The maximum absolute atomic E-state index is 12.9. The van der Waals surface area contributed by atoms with Gasteiger partial charge in [-0.15, -0.1) is 0 Å². The van der Waals surface area contributed by atoms with Gasteiger partial charge in [0.25, 0.3) is 0 Å². The molecule has 0 aliphatic rings. The number of hydrogen-bond donors (Lipinski definition) is 0. The summed E-state index contributed by atoms with van der Waals surface area (Å²) in [6.45, 7) is 6.35. The summed E-state index contributed by atoms with van der Waals surface area (Å²) in [5, 5.41) is 0. The van der Waals surface area contributed by atoms with Crippen LogP contribution in [0.3, 0.4) is 0 Å². The monoisotopic (exact) mass is 1120 g/mol. The van der Waals surface area contributed by atoms with Crippen molar-refractivity contribution in [3.63, 3.8) is 0 Å². The van der Waals surface area contributed by atoms with Crippen LogP contribution in [0.1, 0.15) is 278 Å². The second-order valence-corrected chi connectivity index (χ2v) is 21.3. The van der Waals surface area contributed by atoms with Gasteiger partial charge in [0.1, 0.15) is 13.2 Å². The van der Waals surface area contributed by atoms with Gasteiger partial charge in [0, 0.05) is 19.3 Å². The first-order chi connectivity index (χ1) is 40.0. The Labute approximate surface area is 499 Å². The molecule has 0 aromatic carbocycles. The predicted molar refractivity (Wildman–Crippen MR) is 352 cm³/mol. The van der Waals surface area contributed by atoms with Gasteiger partial charge in [-0.05, 0) is 148 Å². The zero-order valence-electron chi connectivity index (χ0n) is 52.2. The zero-order valence-corrected chi connectivity index (χ0v) is 52.2. The number of carbonyl (C=O) groups is 3. The van der Waals surface area contributed by atoms with Crippen molar-refractivity contribution in [3.05, 3.63) is 158 Å². The highest BCUT2D eigenvalue weighted by Gasteiger charge is 2.19. The molecule has 0 rings (SSSR count). The summed E-state index contributed by atoms with van der Waals surface area (Å²) < 4.78 is 16.9. The Morgan fingerprint density at radius 1 is 0.259 bits per heavy atom. The highest BCUT2D eigenvalue weighted by molar-refractivity contribution is 5.71. The summed E-state index contributed by atoms with van der Waals surface area (Å²) in [5.41, 5.74) is 0. The first kappa shape index (κ1) is 76.0. The first-order valence-corrected chi connectivity index (χ1v) is 33.0. The quantitative estimate of drug-likeness (QED) is 0.0261. The highest BCUT2D eigenvalue weighted by atomic mass is 16.6. The van der Waals surface area contributed by atoms with E-state index in [1.807, 2.05) is 0 Å². The molecular formula is C75H120O6. The maximum atomic E-state index is 12.9. The van der Waals surface area contributed by atoms with E-state index < -0.39 is 6.10 Å². The molecular weight excluding hydrogens is 997 g/mol. The minimum atomic E-state index is -0.812. The lowest BCUT2D eigenvalue weighted by atomic mass is 10.1. The number of carbonyl (C=O) groups excluding carboxylic acids is 3. The molecule has 0 N–H and O–H groups in total. The Balaban J connectivity index is 4.43. The van der Waals surface area contributed by atoms with Crippen LogP contribution in [0, 0.1) is 0 Å². The van der Waals surface area contributed by atoms with Gasteiger partial charge in [-0.3, -0.25) is 14.4 Å². The van der Waals surface area contributed by atoms with Crippen LogP contribution in [-0.2, 0) is 28.6 Å². The lowest BCUT2D eigenvalue weighted by molar-refractivity contribution is -0.167. The summed E-state index contributed by atoms with van der Waals surface area (Å²) in [4.78, 5) is 38.3. The van der Waals surface area contributed by atoms with Gasteiger partial charge >= 0.3 is 17.9 Å². The topological polar surface area (TPSA) is 78.9 Å². The second-order valence-electron chi connectivity index (χ2n) is 21.3. The third kappa shape index (κ3) is 65.7. The van der Waals surface area contributed by atoms with Gasteiger partial charge in [0.05, 0.1) is 0 Å². The largest absolute Gasteiger partial charge is 0.462 e. The summed E-state index contributed by atoms with van der Waals surface area (Å²) in [7, 11) is 0. The van der Waals surface area contributed by atoms with Crippen LogP contribution in [0.2, 0.25) is 0 Å². The SMILES string of the molecule is CC/C=C\C/C=C\C/C=C\C/C=C\C/C=C\C/C=C\C/C=C\C/C=C\CCCCCCC(=O)OCC(COC(=O)CCCCC/C=C\C/C=C\C/C=C\CC)OC(=O)CCCCCCCCCCC/C=C\C/C=C\CCCCCCC. The van der Waals surface area contributed by atoms with E-state index in [0.29, 0.717) is 19.3 Å². The molecule has 81 heavy (non-hydrogen) atoms. The van der Waals surface area contributed by atoms with Gasteiger partial charge in [0.2, 0.25) is 0 Å². The molecule has 6 nitrogen and oxygen atoms in total. The lowest BCUT2D eigenvalue weighted by Crippen LogP contribution is -2.30. The third-order valence-corrected chi connectivity index (χ3v) is 13.5. The van der Waals surface area contributed by atoms with Crippen molar-refractivity contribution >= 4 is 17.9 Å². The summed E-state index contributed by atoms with van der Waals surface area (Å²) in [6.07, 6.45) is 98.2. The Morgan fingerprint density at radius 3 is 0.765 bits per heavy atom. The minimum absolute atomic E-state index is 0.109. The molecule has 0 saturated heterocycles. The van der Waals surface area contributed by atoms with Gasteiger partial charge in [-0.2, -0.15) is 0 Å². The van der Waals surface area contributed by atoms with E-state index in [4.69, 9.17) is 14.2 Å². The normalized spacial score (nSPS) is 13.2. The van der Waals surface area contributed by atoms with Gasteiger partial charge in [0.15, 0.2) is 6.10 Å². The molecule has 0 heterocycles. The molecule has 0 aliphatic carbocycles. The molecule has 0 amide bonds. The Morgan fingerprint density at radius 2 is 0.481 bits per heavy atom. The smallest absolute Gasteiger partial charge is 0.306 e. The van der Waals surface area contributed by atoms with E-state index in [2.05, 4.69) is 179 Å². The number of allylic oxidation sites excluding steroid dienone is 26. The summed E-state index contributed by atoms with van der Waals surface area (Å²) in [6, 6.07) is 0. The molecule has 0 aliphatic heterocycles. The van der Waals surface area contributed by atoms with E-state index >= 15 is 0 Å². The second kappa shape index (κ2) is 67.5. The van der Waals surface area contributed by atoms with Crippen LogP contribution < -0.4 is 0 Å². The van der Waals surface area contributed by atoms with Gasteiger partial charge in [-0.25, -0.2) is 0 Å². The maximum Gasteiger partial charge on any atom is 0.306 e. The minimum Gasteiger partial charge on any atom is -0.462 e. The fraction of sp³-hybridized carbons (Fsp3) is 0.613. The number of rotatable bonds is 58. The first-order valence-electron chi connectivity index (χ1n) is 33.0. The summed E-state index contributed by atoms with van der Waals surface area (Å²) in [5.74, 6) is -0.967. The highest BCUT2D eigenvalue weighted by Crippen LogP contribution is 2.14. The van der Waals surface area contributed by atoms with Crippen molar-refractivity contribution in [1.29, 1.82) is 0 Å². The van der Waals surface area contributed by atoms with E-state index in [1.54, 1.807) is 0 Å². The number of hydrogen-bond acceptors (Lipinski definition) is 6. The predicted octanol–water partition coefficient (Wildman–Crippen LogP) is 22.9. The molecule has 0 saturated carbocycles. The number of esters is 3. The van der Waals surface area contributed by atoms with Crippen LogP contribution in [0.4, 0.5) is 0 Å². The van der Waals surface area contributed by atoms with Crippen LogP contribution in [0.25, 0.3) is 0 Å². The number of unbranched alkanes of at least 4 members (excludes halogenated alkanes) is 21. The molecule has 1 atom stereocenters. The lowest BCUT2D eigenvalue weighted by Gasteiger charge is -2.18. The Bertz CT molecular complexity index is 1810. The van der Waals surface area contributed by atoms with E-state index in [-0.39, 0.29) is 31.1 Å². The average molecular weight is 1120 g/mol. The Hall–Kier alpha value is -4.97. The molecule has 1 unspecified atom stereocenters. The molecule has 0 fully saturated rings. The molecule has 456 valence electrons. The standard InChI is InChI=1S/C75H120O6/c1-4-7-10-13-16-19-22-25-27-29-31-33-34-35-36-37-38-39-40-42-43-45-47-50-53-56-59-62-65-68-74(77)80-71-72(70-79-73(76)67-64-61-58-55-52-49-24-21-18-15-12-9-6-3)81-75(78)69-66-63-60-57-54-51-48-46-44-41-32-30-28-26-23-20-17-14-11-8-5-2/h7,9-10,12,16,18-19,21,23,25-27,30-33,35-36,38-39,42-43,47,49-50,52,72H,4-6,8,11,13-15,17,20,22,24,28-29,34,37,40-41,44-46,48,51,53-71H2,1-3H3/b10-7-,12-9-,19-16-,21-18-,26-23-,27-25-,32-30-,33-31-,36-35-,39-38-,43-42-,50-47-,52-49-. The molecule has 6 heteroatoms. The molecule has 0 bridgehead atoms. The fourth-order valence-electron chi connectivity index (χ4n) is 8.62. The van der Waals surface area contributed by atoms with Crippen molar-refractivity contribution in [2.45, 2.75) is 284 Å². The molecule has 0 aromatic rings. The van der Waals surface area contributed by atoms with Crippen LogP contribution >= 0.6 is 0 Å². The molecule has 0 spiro atoms. The van der Waals surface area contributed by atoms with Gasteiger partial charge in [-0.1, -0.05) is 269 Å². The van der Waals surface area contributed by atoms with Crippen molar-refractivity contribution < 1.29 is 28.6 Å². The van der Waals surface area contributed by atoms with Crippen molar-refractivity contribution in [1.82, 2.24) is 0 Å². The van der Waals surface area contributed by atoms with E-state index in [9.17, 15) is 14.4 Å². The van der Waals surface area contributed by atoms with Crippen molar-refractivity contribution in [2.75, 3.05) is 13.2 Å². The third-order valence-electron chi connectivity index (χ3n) is 13.5. The molecule has 0 radical (unpaired) electrons. The van der Waals surface area contributed by atoms with Crippen LogP contribution in [-0.4, -0.2) is 37.2 Å². The Kier molecular flexibility index (Phi) is 63.4.